The van der Waals surface area contributed by atoms with Crippen LogP contribution in [0.3, 0.4) is 0 Å². The van der Waals surface area contributed by atoms with E-state index in [1.54, 1.807) is 18.2 Å². The summed E-state index contributed by atoms with van der Waals surface area (Å²) in [4.78, 5) is 23.9. The van der Waals surface area contributed by atoms with E-state index in [-0.39, 0.29) is 5.91 Å². The first-order valence-corrected chi connectivity index (χ1v) is 7.35. The van der Waals surface area contributed by atoms with Gasteiger partial charge in [-0.3, -0.25) is 9.59 Å². The molecule has 3 N–H and O–H groups in total. The van der Waals surface area contributed by atoms with Gasteiger partial charge in [0.25, 0.3) is 5.91 Å². The maximum atomic E-state index is 12.5. The lowest BCUT2D eigenvalue weighted by atomic mass is 9.73. The van der Waals surface area contributed by atoms with Crippen molar-refractivity contribution in [3.05, 3.63) is 23.8 Å². The Bertz CT molecular complexity index is 726. The van der Waals surface area contributed by atoms with Crippen LogP contribution in [0.1, 0.15) is 43.0 Å². The van der Waals surface area contributed by atoms with Gasteiger partial charge in [-0.15, -0.1) is 0 Å². The summed E-state index contributed by atoms with van der Waals surface area (Å²) in [5.74, 6) is -1.68. The normalized spacial score (nSPS) is 25.0. The molecule has 7 nitrogen and oxygen atoms in total. The molecule has 116 valence electrons. The third kappa shape index (κ3) is 2.54. The van der Waals surface area contributed by atoms with Gasteiger partial charge in [-0.05, 0) is 38.0 Å². The van der Waals surface area contributed by atoms with Crippen molar-refractivity contribution in [2.45, 2.75) is 38.1 Å². The van der Waals surface area contributed by atoms with Crippen molar-refractivity contribution < 1.29 is 14.7 Å². The van der Waals surface area contributed by atoms with E-state index in [1.807, 2.05) is 6.92 Å². The van der Waals surface area contributed by atoms with Gasteiger partial charge in [0, 0.05) is 5.56 Å². The number of aromatic nitrogens is 3. The summed E-state index contributed by atoms with van der Waals surface area (Å²) in [5.41, 5.74) is 1.03. The zero-order chi connectivity index (χ0) is 15.7. The first-order valence-electron chi connectivity index (χ1n) is 7.35. The van der Waals surface area contributed by atoms with Crippen LogP contribution in [0.4, 0.5) is 0 Å². The topological polar surface area (TPSA) is 108 Å². The third-order valence-electron chi connectivity index (χ3n) is 4.48. The molecule has 0 radical (unpaired) electrons. The number of hydrogen-bond donors (Lipinski definition) is 3. The van der Waals surface area contributed by atoms with Gasteiger partial charge in [-0.2, -0.15) is 15.4 Å². The number of fused-ring (bicyclic) bond motifs is 1. The summed E-state index contributed by atoms with van der Waals surface area (Å²) in [5, 5.41) is 22.7. The fraction of sp³-hybridized carbons (Fsp3) is 0.467. The lowest BCUT2D eigenvalue weighted by Gasteiger charge is -2.39. The van der Waals surface area contributed by atoms with E-state index in [0.29, 0.717) is 29.4 Å². The average molecular weight is 302 g/mol. The number of aromatic amines is 1. The number of carboxylic acids is 1. The van der Waals surface area contributed by atoms with Crippen molar-refractivity contribution in [2.75, 3.05) is 0 Å². The second-order valence-electron chi connectivity index (χ2n) is 6.04. The number of carbonyl (C=O) groups is 2. The highest BCUT2D eigenvalue weighted by atomic mass is 16.4. The summed E-state index contributed by atoms with van der Waals surface area (Å²) in [6.07, 6.45) is 3.06. The molecule has 2 atom stereocenters. The fourth-order valence-electron chi connectivity index (χ4n) is 3.19. The van der Waals surface area contributed by atoms with Gasteiger partial charge in [-0.1, -0.05) is 12.8 Å². The summed E-state index contributed by atoms with van der Waals surface area (Å²) in [7, 11) is 0. The Hall–Kier alpha value is -2.44. The van der Waals surface area contributed by atoms with E-state index in [1.165, 1.54) is 0 Å². The molecule has 0 spiro atoms. The molecule has 1 heterocycles. The van der Waals surface area contributed by atoms with Crippen molar-refractivity contribution in [3.8, 4) is 0 Å². The van der Waals surface area contributed by atoms with Crippen molar-refractivity contribution >= 4 is 22.9 Å². The van der Waals surface area contributed by atoms with Crippen LogP contribution in [0.25, 0.3) is 11.0 Å². The Balaban J connectivity index is 1.83. The van der Waals surface area contributed by atoms with Crippen molar-refractivity contribution in [1.82, 2.24) is 20.7 Å². The fourth-order valence-corrected chi connectivity index (χ4v) is 3.19. The van der Waals surface area contributed by atoms with Gasteiger partial charge in [0.05, 0.1) is 11.5 Å². The molecule has 1 amide bonds. The zero-order valence-electron chi connectivity index (χ0n) is 12.3. The molecule has 0 saturated heterocycles. The highest BCUT2D eigenvalue weighted by molar-refractivity contribution is 5.97. The third-order valence-corrected chi connectivity index (χ3v) is 4.48. The molecule has 1 aromatic heterocycles. The highest BCUT2D eigenvalue weighted by Gasteiger charge is 2.42. The maximum Gasteiger partial charge on any atom is 0.308 e. The molecule has 1 aromatic carbocycles. The molecule has 1 fully saturated rings. The van der Waals surface area contributed by atoms with Crippen LogP contribution in [0, 0.1) is 5.92 Å². The SMILES string of the molecule is C[C@]1(NC(=O)c2ccc3n[nH]nc3c2)CCCC[C@H]1C(=O)O. The Kier molecular flexibility index (Phi) is 3.56. The number of amides is 1. The van der Waals surface area contributed by atoms with E-state index < -0.39 is 17.4 Å². The maximum absolute atomic E-state index is 12.5. The second kappa shape index (κ2) is 5.40. The number of H-pyrrole nitrogens is 1. The lowest BCUT2D eigenvalue weighted by molar-refractivity contribution is -0.145. The van der Waals surface area contributed by atoms with Crippen LogP contribution < -0.4 is 5.32 Å². The number of rotatable bonds is 3. The Morgan fingerprint density at radius 1 is 1.32 bits per heavy atom. The molecule has 2 aromatic rings. The van der Waals surface area contributed by atoms with Crippen LogP contribution in [-0.4, -0.2) is 37.9 Å². The molecular weight excluding hydrogens is 284 g/mol. The molecule has 1 aliphatic carbocycles. The smallest absolute Gasteiger partial charge is 0.308 e. The highest BCUT2D eigenvalue weighted by Crippen LogP contribution is 2.34. The molecule has 1 aliphatic rings. The van der Waals surface area contributed by atoms with E-state index >= 15 is 0 Å². The van der Waals surface area contributed by atoms with Gasteiger partial charge < -0.3 is 10.4 Å². The minimum absolute atomic E-state index is 0.277. The molecule has 22 heavy (non-hydrogen) atoms. The van der Waals surface area contributed by atoms with E-state index in [0.717, 1.165) is 12.8 Å². The summed E-state index contributed by atoms with van der Waals surface area (Å²) < 4.78 is 0. The minimum Gasteiger partial charge on any atom is -0.481 e. The number of nitrogens with zero attached hydrogens (tertiary/aromatic N) is 2. The van der Waals surface area contributed by atoms with Crippen molar-refractivity contribution in [2.24, 2.45) is 5.92 Å². The Labute approximate surface area is 127 Å². The molecule has 0 bridgehead atoms. The van der Waals surface area contributed by atoms with Crippen LogP contribution in [0.5, 0.6) is 0 Å². The van der Waals surface area contributed by atoms with E-state index in [9.17, 15) is 14.7 Å². The Morgan fingerprint density at radius 3 is 2.86 bits per heavy atom. The first kappa shape index (κ1) is 14.5. The van der Waals surface area contributed by atoms with E-state index in [2.05, 4.69) is 20.7 Å². The van der Waals surface area contributed by atoms with E-state index in [4.69, 9.17) is 0 Å². The molecule has 0 unspecified atom stereocenters. The molecule has 1 saturated carbocycles. The molecule has 7 heteroatoms. The summed E-state index contributed by atoms with van der Waals surface area (Å²) in [6, 6.07) is 5.03. The zero-order valence-corrected chi connectivity index (χ0v) is 12.3. The number of benzene rings is 1. The second-order valence-corrected chi connectivity index (χ2v) is 6.04. The van der Waals surface area contributed by atoms with Gasteiger partial charge >= 0.3 is 5.97 Å². The van der Waals surface area contributed by atoms with Gasteiger partial charge in [0.15, 0.2) is 0 Å². The summed E-state index contributed by atoms with van der Waals surface area (Å²) >= 11 is 0. The quantitative estimate of drug-likeness (QED) is 0.800. The number of hydrogen-bond acceptors (Lipinski definition) is 4. The molecule has 0 aliphatic heterocycles. The van der Waals surface area contributed by atoms with Gasteiger partial charge in [0.1, 0.15) is 11.0 Å². The molecule has 3 rings (SSSR count). The Morgan fingerprint density at radius 2 is 2.09 bits per heavy atom. The molecular formula is C15H18N4O3. The lowest BCUT2D eigenvalue weighted by Crippen LogP contribution is -2.55. The first-order chi connectivity index (χ1) is 10.5. The van der Waals surface area contributed by atoms with Crippen LogP contribution in [0.15, 0.2) is 18.2 Å². The van der Waals surface area contributed by atoms with Crippen LogP contribution >= 0.6 is 0 Å². The monoisotopic (exact) mass is 302 g/mol. The van der Waals surface area contributed by atoms with Gasteiger partial charge in [-0.25, -0.2) is 0 Å². The average Bonchev–Trinajstić information content (AvgIpc) is 2.94. The van der Waals surface area contributed by atoms with Gasteiger partial charge in [0.2, 0.25) is 0 Å². The number of carbonyl (C=O) groups excluding carboxylic acids is 1. The summed E-state index contributed by atoms with van der Waals surface area (Å²) in [6.45, 7) is 1.82. The van der Waals surface area contributed by atoms with Crippen molar-refractivity contribution in [3.63, 3.8) is 0 Å². The van der Waals surface area contributed by atoms with Crippen LogP contribution in [-0.2, 0) is 4.79 Å². The standard InChI is InChI=1S/C15H18N4O3/c1-15(7-3-2-4-10(15)14(21)22)16-13(20)9-5-6-11-12(8-9)18-19-17-11/h5-6,8,10H,2-4,7H2,1H3,(H,16,20)(H,21,22)(H,17,18,19)/t10-,15-/m0/s1. The number of nitrogens with one attached hydrogen (secondary N) is 2. The minimum atomic E-state index is -0.852. The largest absolute Gasteiger partial charge is 0.481 e. The predicted octanol–water partition coefficient (Wildman–Crippen LogP) is 1.72. The number of aliphatic carboxylic acids is 1. The predicted molar refractivity (Wildman–Crippen MR) is 79.4 cm³/mol. The number of carboxylic acid groups (broad SMARTS) is 1. The van der Waals surface area contributed by atoms with Crippen LogP contribution in [0.2, 0.25) is 0 Å². The van der Waals surface area contributed by atoms with Crippen molar-refractivity contribution in [1.29, 1.82) is 0 Å².